The highest BCUT2D eigenvalue weighted by Gasteiger charge is 2.15. The van der Waals surface area contributed by atoms with Crippen LogP contribution in [-0.2, 0) is 16.0 Å². The van der Waals surface area contributed by atoms with Crippen LogP contribution in [0.1, 0.15) is 41.4 Å². The van der Waals surface area contributed by atoms with E-state index in [0.717, 1.165) is 12.0 Å². The zero-order chi connectivity index (χ0) is 17.5. The number of phenols is 1. The lowest BCUT2D eigenvalue weighted by atomic mass is 10.1. The van der Waals surface area contributed by atoms with E-state index in [0.29, 0.717) is 0 Å². The molecule has 2 N–H and O–H groups in total. The summed E-state index contributed by atoms with van der Waals surface area (Å²) in [6.07, 6.45) is 0.962. The van der Waals surface area contributed by atoms with Crippen molar-refractivity contribution in [3.05, 3.63) is 65.2 Å². The molecule has 1 atom stereocenters. The molecule has 0 radical (unpaired) electrons. The maximum atomic E-state index is 11.9. The summed E-state index contributed by atoms with van der Waals surface area (Å²) in [6, 6.07) is 13.8. The maximum Gasteiger partial charge on any atom is 0.342 e. The molecule has 0 unspecified atom stereocenters. The zero-order valence-corrected chi connectivity index (χ0v) is 13.8. The number of benzene rings is 2. The van der Waals surface area contributed by atoms with Crippen LogP contribution < -0.4 is 5.32 Å². The van der Waals surface area contributed by atoms with Crippen molar-refractivity contribution in [2.24, 2.45) is 0 Å². The third kappa shape index (κ3) is 4.59. The fourth-order valence-electron chi connectivity index (χ4n) is 2.26. The van der Waals surface area contributed by atoms with Crippen LogP contribution in [0.5, 0.6) is 5.75 Å². The molecule has 0 aliphatic rings. The number of hydrogen-bond donors (Lipinski definition) is 2. The molecule has 2 aromatic rings. The number of aryl methyl sites for hydroxylation is 1. The largest absolute Gasteiger partial charge is 0.507 e. The number of amides is 1. The van der Waals surface area contributed by atoms with Crippen molar-refractivity contribution in [1.29, 1.82) is 0 Å². The molecule has 24 heavy (non-hydrogen) atoms. The minimum Gasteiger partial charge on any atom is -0.507 e. The zero-order valence-electron chi connectivity index (χ0n) is 13.8. The summed E-state index contributed by atoms with van der Waals surface area (Å²) in [6.45, 7) is 3.55. The molecule has 0 fully saturated rings. The van der Waals surface area contributed by atoms with E-state index in [1.165, 1.54) is 17.7 Å². The molecule has 0 saturated carbocycles. The number of hydrogen-bond acceptors (Lipinski definition) is 4. The van der Waals surface area contributed by atoms with Gasteiger partial charge in [-0.05, 0) is 36.6 Å². The molecular weight excluding hydrogens is 306 g/mol. The Hall–Kier alpha value is -2.82. The standard InChI is InChI=1S/C19H21NO4/c1-3-14-8-10-15(11-9-14)13(2)20-18(22)12-24-19(23)16-6-4-5-7-17(16)21/h4-11,13,21H,3,12H2,1-2H3,(H,20,22)/t13-/m0/s1. The van der Waals surface area contributed by atoms with Crippen molar-refractivity contribution in [3.8, 4) is 5.75 Å². The molecule has 5 heteroatoms. The minimum atomic E-state index is -0.733. The summed E-state index contributed by atoms with van der Waals surface area (Å²) in [5, 5.41) is 12.4. The minimum absolute atomic E-state index is 0.0357. The molecule has 1 amide bonds. The first-order chi connectivity index (χ1) is 11.5. The summed E-state index contributed by atoms with van der Waals surface area (Å²) in [4.78, 5) is 23.8. The summed E-state index contributed by atoms with van der Waals surface area (Å²) >= 11 is 0. The monoisotopic (exact) mass is 327 g/mol. The second-order valence-electron chi connectivity index (χ2n) is 5.48. The van der Waals surface area contributed by atoms with Gasteiger partial charge >= 0.3 is 5.97 Å². The van der Waals surface area contributed by atoms with E-state index in [-0.39, 0.29) is 17.4 Å². The Morgan fingerprint density at radius 1 is 1.12 bits per heavy atom. The van der Waals surface area contributed by atoms with Crippen LogP contribution in [0.2, 0.25) is 0 Å². The van der Waals surface area contributed by atoms with Crippen LogP contribution in [-0.4, -0.2) is 23.6 Å². The second-order valence-corrected chi connectivity index (χ2v) is 5.48. The third-order valence-corrected chi connectivity index (χ3v) is 3.72. The van der Waals surface area contributed by atoms with Crippen molar-refractivity contribution >= 4 is 11.9 Å². The number of carbonyl (C=O) groups excluding carboxylic acids is 2. The molecule has 0 spiro atoms. The van der Waals surface area contributed by atoms with Gasteiger partial charge in [0.1, 0.15) is 11.3 Å². The molecule has 0 heterocycles. The highest BCUT2D eigenvalue weighted by molar-refractivity contribution is 5.93. The highest BCUT2D eigenvalue weighted by atomic mass is 16.5. The Morgan fingerprint density at radius 2 is 1.79 bits per heavy atom. The van der Waals surface area contributed by atoms with Crippen LogP contribution in [0.25, 0.3) is 0 Å². The molecule has 0 aliphatic heterocycles. The maximum absolute atomic E-state index is 11.9. The van der Waals surface area contributed by atoms with Crippen molar-refractivity contribution in [2.75, 3.05) is 6.61 Å². The quantitative estimate of drug-likeness (QED) is 0.800. The first-order valence-electron chi connectivity index (χ1n) is 7.84. The van der Waals surface area contributed by atoms with E-state index < -0.39 is 18.5 Å². The smallest absolute Gasteiger partial charge is 0.342 e. The van der Waals surface area contributed by atoms with Gasteiger partial charge in [-0.25, -0.2) is 4.79 Å². The van der Waals surface area contributed by atoms with E-state index in [1.54, 1.807) is 12.1 Å². The molecule has 2 aromatic carbocycles. The lowest BCUT2D eigenvalue weighted by Gasteiger charge is -2.15. The van der Waals surface area contributed by atoms with E-state index in [9.17, 15) is 14.7 Å². The molecule has 2 rings (SSSR count). The van der Waals surface area contributed by atoms with Crippen molar-refractivity contribution in [1.82, 2.24) is 5.32 Å². The van der Waals surface area contributed by atoms with Gasteiger partial charge in [0.15, 0.2) is 6.61 Å². The third-order valence-electron chi connectivity index (χ3n) is 3.72. The molecule has 5 nitrogen and oxygen atoms in total. The van der Waals surface area contributed by atoms with Gasteiger partial charge in [-0.3, -0.25) is 4.79 Å². The van der Waals surface area contributed by atoms with Gasteiger partial charge in [0, 0.05) is 0 Å². The van der Waals surface area contributed by atoms with Gasteiger partial charge in [-0.15, -0.1) is 0 Å². The summed E-state index contributed by atoms with van der Waals surface area (Å²) < 4.78 is 4.93. The van der Waals surface area contributed by atoms with Gasteiger partial charge in [0.2, 0.25) is 0 Å². The number of rotatable bonds is 6. The van der Waals surface area contributed by atoms with Gasteiger partial charge < -0.3 is 15.2 Å². The number of ether oxygens (including phenoxy) is 1. The van der Waals surface area contributed by atoms with Gasteiger partial charge in [-0.1, -0.05) is 43.3 Å². The first kappa shape index (κ1) is 17.5. The summed E-state index contributed by atoms with van der Waals surface area (Å²) in [7, 11) is 0. The van der Waals surface area contributed by atoms with Crippen LogP contribution in [0.15, 0.2) is 48.5 Å². The SMILES string of the molecule is CCc1ccc([C@H](C)NC(=O)COC(=O)c2ccccc2O)cc1. The van der Waals surface area contributed by atoms with E-state index >= 15 is 0 Å². The first-order valence-corrected chi connectivity index (χ1v) is 7.84. The van der Waals surface area contributed by atoms with Gasteiger partial charge in [0.25, 0.3) is 5.91 Å². The Labute approximate surface area is 141 Å². The highest BCUT2D eigenvalue weighted by Crippen LogP contribution is 2.17. The predicted molar refractivity (Wildman–Crippen MR) is 90.8 cm³/mol. The Morgan fingerprint density at radius 3 is 2.42 bits per heavy atom. The molecule has 126 valence electrons. The van der Waals surface area contributed by atoms with Crippen LogP contribution in [0, 0.1) is 0 Å². The molecule has 0 aromatic heterocycles. The van der Waals surface area contributed by atoms with Gasteiger partial charge in [-0.2, -0.15) is 0 Å². The Bertz CT molecular complexity index is 710. The average Bonchev–Trinajstić information content (AvgIpc) is 2.60. The van der Waals surface area contributed by atoms with Gasteiger partial charge in [0.05, 0.1) is 6.04 Å². The van der Waals surface area contributed by atoms with Crippen molar-refractivity contribution in [3.63, 3.8) is 0 Å². The van der Waals surface area contributed by atoms with Crippen LogP contribution in [0.4, 0.5) is 0 Å². The topological polar surface area (TPSA) is 75.6 Å². The molecule has 0 bridgehead atoms. The number of phenolic OH excluding ortho intramolecular Hbond substituents is 1. The molecule has 0 saturated heterocycles. The summed E-state index contributed by atoms with van der Waals surface area (Å²) in [5.41, 5.74) is 2.25. The predicted octanol–water partition coefficient (Wildman–Crippen LogP) is 2.99. The van der Waals surface area contributed by atoms with E-state index in [4.69, 9.17) is 4.74 Å². The number of nitrogens with one attached hydrogen (secondary N) is 1. The lowest BCUT2D eigenvalue weighted by Crippen LogP contribution is -2.31. The fraction of sp³-hybridized carbons (Fsp3) is 0.263. The number of aromatic hydroxyl groups is 1. The molecular formula is C19H21NO4. The lowest BCUT2D eigenvalue weighted by molar-refractivity contribution is -0.124. The normalized spacial score (nSPS) is 11.6. The van der Waals surface area contributed by atoms with E-state index in [1.807, 2.05) is 31.2 Å². The average molecular weight is 327 g/mol. The van der Waals surface area contributed by atoms with E-state index in [2.05, 4.69) is 12.2 Å². The number of esters is 1. The van der Waals surface area contributed by atoms with Crippen LogP contribution in [0.3, 0.4) is 0 Å². The molecule has 0 aliphatic carbocycles. The number of carbonyl (C=O) groups is 2. The fourth-order valence-corrected chi connectivity index (χ4v) is 2.26. The Kier molecular flexibility index (Phi) is 5.95. The summed E-state index contributed by atoms with van der Waals surface area (Å²) in [5.74, 6) is -1.30. The van der Waals surface area contributed by atoms with Crippen molar-refractivity contribution < 1.29 is 19.4 Å². The Balaban J connectivity index is 1.86. The number of para-hydroxylation sites is 1. The second kappa shape index (κ2) is 8.15. The van der Waals surface area contributed by atoms with Crippen molar-refractivity contribution in [2.45, 2.75) is 26.3 Å². The van der Waals surface area contributed by atoms with Crippen LogP contribution >= 0.6 is 0 Å².